The number of rotatable bonds is 3. The maximum atomic E-state index is 7.48. The molecule has 0 fully saturated rings. The van der Waals surface area contributed by atoms with Crippen LogP contribution in [0.2, 0.25) is 0 Å². The molecular weight excluding hydrogens is 310 g/mol. The van der Waals surface area contributed by atoms with E-state index in [2.05, 4.69) is 20.9 Å². The number of nitrogens with zero attached hydrogens (tertiary/aromatic N) is 1. The highest BCUT2D eigenvalue weighted by Crippen LogP contribution is 2.32. The Kier molecular flexibility index (Phi) is 4.04. The average Bonchev–Trinajstić information content (AvgIpc) is 2.31. The normalized spacial score (nSPS) is 10.3. The lowest BCUT2D eigenvalue weighted by Crippen LogP contribution is -2.11. The fourth-order valence-corrected chi connectivity index (χ4v) is 2.93. The van der Waals surface area contributed by atoms with E-state index in [0.29, 0.717) is 5.56 Å². The van der Waals surface area contributed by atoms with Gasteiger partial charge >= 0.3 is 0 Å². The second-order valence-corrected chi connectivity index (χ2v) is 5.70. The Labute approximate surface area is 118 Å². The molecule has 0 aliphatic carbocycles. The van der Waals surface area contributed by atoms with Gasteiger partial charge < -0.3 is 5.73 Å². The summed E-state index contributed by atoms with van der Waals surface area (Å²) < 4.78 is 1.03. The van der Waals surface area contributed by atoms with Crippen LogP contribution in [0.15, 0.2) is 50.8 Å². The van der Waals surface area contributed by atoms with Crippen LogP contribution in [-0.4, -0.2) is 10.8 Å². The molecule has 0 saturated heterocycles. The predicted molar refractivity (Wildman–Crippen MR) is 78.3 cm³/mol. The molecule has 0 aliphatic heterocycles. The monoisotopic (exact) mass is 321 g/mol. The molecule has 0 radical (unpaired) electrons. The van der Waals surface area contributed by atoms with Crippen LogP contribution in [0.5, 0.6) is 0 Å². The number of amidine groups is 1. The minimum absolute atomic E-state index is 0.0643. The van der Waals surface area contributed by atoms with Crippen molar-refractivity contribution in [3.63, 3.8) is 0 Å². The molecule has 1 aromatic heterocycles. The third kappa shape index (κ3) is 3.11. The lowest BCUT2D eigenvalue weighted by Gasteiger charge is -2.06. The molecule has 18 heavy (non-hydrogen) atoms. The minimum atomic E-state index is 0.0643. The molecule has 3 N–H and O–H groups in total. The van der Waals surface area contributed by atoms with E-state index in [9.17, 15) is 0 Å². The zero-order chi connectivity index (χ0) is 13.1. The van der Waals surface area contributed by atoms with Gasteiger partial charge in [0.1, 0.15) is 10.9 Å². The van der Waals surface area contributed by atoms with Gasteiger partial charge in [-0.25, -0.2) is 4.98 Å². The fraction of sp³-hybridized carbons (Fsp3) is 0.0769. The fourth-order valence-electron chi connectivity index (χ4n) is 1.49. The van der Waals surface area contributed by atoms with Gasteiger partial charge in [-0.05, 0) is 47.1 Å². The maximum absolute atomic E-state index is 7.48. The number of nitrogens with one attached hydrogen (secondary N) is 1. The molecule has 0 saturated carbocycles. The van der Waals surface area contributed by atoms with E-state index in [0.717, 1.165) is 20.1 Å². The summed E-state index contributed by atoms with van der Waals surface area (Å²) in [4.78, 5) is 5.53. The molecule has 0 aliphatic rings. The molecule has 0 spiro atoms. The van der Waals surface area contributed by atoms with Gasteiger partial charge in [-0.1, -0.05) is 23.9 Å². The highest BCUT2D eigenvalue weighted by atomic mass is 79.9. The van der Waals surface area contributed by atoms with Crippen molar-refractivity contribution in [3.8, 4) is 0 Å². The lowest BCUT2D eigenvalue weighted by molar-refractivity contribution is 1.06. The van der Waals surface area contributed by atoms with Crippen LogP contribution in [0.1, 0.15) is 11.3 Å². The topological polar surface area (TPSA) is 62.8 Å². The zero-order valence-electron chi connectivity index (χ0n) is 9.77. The van der Waals surface area contributed by atoms with Gasteiger partial charge in [0.25, 0.3) is 0 Å². The highest BCUT2D eigenvalue weighted by molar-refractivity contribution is 9.10. The van der Waals surface area contributed by atoms with Crippen LogP contribution in [0.3, 0.4) is 0 Å². The minimum Gasteiger partial charge on any atom is -0.384 e. The van der Waals surface area contributed by atoms with Crippen LogP contribution in [0, 0.1) is 12.3 Å². The Morgan fingerprint density at radius 2 is 2.06 bits per heavy atom. The van der Waals surface area contributed by atoms with Gasteiger partial charge in [-0.3, -0.25) is 5.41 Å². The molecule has 2 rings (SSSR count). The first-order valence-corrected chi connectivity index (χ1v) is 6.92. The predicted octanol–water partition coefficient (Wildman–Crippen LogP) is 3.59. The number of benzene rings is 1. The number of hydrogen-bond donors (Lipinski definition) is 2. The van der Waals surface area contributed by atoms with Gasteiger partial charge in [0.15, 0.2) is 0 Å². The molecule has 2 aromatic rings. The van der Waals surface area contributed by atoms with E-state index in [1.165, 1.54) is 0 Å². The van der Waals surface area contributed by atoms with Crippen molar-refractivity contribution in [2.24, 2.45) is 5.73 Å². The molecule has 92 valence electrons. The molecule has 1 heterocycles. The third-order valence-electron chi connectivity index (χ3n) is 2.29. The average molecular weight is 322 g/mol. The standard InChI is InChI=1S/C13H12BrN3S/c1-8-6-9(13(15)16)7-12(17-8)18-11-5-3-2-4-10(11)14/h2-7H,1H3,(H3,15,16). The summed E-state index contributed by atoms with van der Waals surface area (Å²) >= 11 is 5.05. The summed E-state index contributed by atoms with van der Waals surface area (Å²) in [5.74, 6) is 0.0643. The van der Waals surface area contributed by atoms with E-state index in [1.807, 2.05) is 43.3 Å². The number of hydrogen-bond acceptors (Lipinski definition) is 3. The van der Waals surface area contributed by atoms with Gasteiger partial charge in [0.05, 0.1) is 0 Å². The van der Waals surface area contributed by atoms with Gasteiger partial charge in [0, 0.05) is 20.6 Å². The summed E-state index contributed by atoms with van der Waals surface area (Å²) in [5, 5.41) is 8.32. The number of pyridine rings is 1. The van der Waals surface area contributed by atoms with E-state index >= 15 is 0 Å². The van der Waals surface area contributed by atoms with E-state index in [1.54, 1.807) is 11.8 Å². The second kappa shape index (κ2) is 5.54. The quantitative estimate of drug-likeness (QED) is 0.670. The van der Waals surface area contributed by atoms with Crippen LogP contribution in [-0.2, 0) is 0 Å². The van der Waals surface area contributed by atoms with Crippen molar-refractivity contribution in [3.05, 3.63) is 52.1 Å². The first kappa shape index (κ1) is 13.1. The Hall–Kier alpha value is -1.33. The van der Waals surface area contributed by atoms with E-state index in [4.69, 9.17) is 11.1 Å². The van der Waals surface area contributed by atoms with Crippen molar-refractivity contribution < 1.29 is 0 Å². The summed E-state index contributed by atoms with van der Waals surface area (Å²) in [7, 11) is 0. The molecule has 0 unspecified atom stereocenters. The maximum Gasteiger partial charge on any atom is 0.122 e. The van der Waals surface area contributed by atoms with Crippen LogP contribution in [0.4, 0.5) is 0 Å². The number of nitrogen functional groups attached to an aromatic ring is 1. The summed E-state index contributed by atoms with van der Waals surface area (Å²) in [5.41, 5.74) is 7.08. The first-order chi connectivity index (χ1) is 8.56. The summed E-state index contributed by atoms with van der Waals surface area (Å²) in [6.07, 6.45) is 0. The lowest BCUT2D eigenvalue weighted by atomic mass is 10.2. The van der Waals surface area contributed by atoms with Crippen LogP contribution < -0.4 is 5.73 Å². The van der Waals surface area contributed by atoms with Crippen molar-refractivity contribution in [1.29, 1.82) is 5.41 Å². The smallest absolute Gasteiger partial charge is 0.122 e. The Morgan fingerprint density at radius 1 is 1.33 bits per heavy atom. The largest absolute Gasteiger partial charge is 0.384 e. The molecule has 5 heteroatoms. The molecule has 0 bridgehead atoms. The Bertz CT molecular complexity index is 599. The molecule has 3 nitrogen and oxygen atoms in total. The highest BCUT2D eigenvalue weighted by Gasteiger charge is 2.06. The van der Waals surface area contributed by atoms with E-state index < -0.39 is 0 Å². The third-order valence-corrected chi connectivity index (χ3v) is 4.24. The number of halogens is 1. The Balaban J connectivity index is 2.35. The molecular formula is C13H12BrN3S. The van der Waals surface area contributed by atoms with E-state index in [-0.39, 0.29) is 5.84 Å². The Morgan fingerprint density at radius 3 is 2.72 bits per heavy atom. The van der Waals surface area contributed by atoms with Crippen molar-refractivity contribution in [2.75, 3.05) is 0 Å². The van der Waals surface area contributed by atoms with Gasteiger partial charge in [-0.15, -0.1) is 0 Å². The van der Waals surface area contributed by atoms with Crippen LogP contribution >= 0.6 is 27.7 Å². The molecule has 1 aromatic carbocycles. The van der Waals surface area contributed by atoms with Gasteiger partial charge in [-0.2, -0.15) is 0 Å². The SMILES string of the molecule is Cc1cc(C(=N)N)cc(Sc2ccccc2Br)n1. The van der Waals surface area contributed by atoms with Crippen LogP contribution in [0.25, 0.3) is 0 Å². The molecule has 0 amide bonds. The van der Waals surface area contributed by atoms with Crippen molar-refractivity contribution >= 4 is 33.5 Å². The van der Waals surface area contributed by atoms with Gasteiger partial charge in [0.2, 0.25) is 0 Å². The number of aryl methyl sites for hydroxylation is 1. The van der Waals surface area contributed by atoms with Crippen molar-refractivity contribution in [2.45, 2.75) is 16.8 Å². The first-order valence-electron chi connectivity index (χ1n) is 5.32. The molecule has 0 atom stereocenters. The number of nitrogens with two attached hydrogens (primary N) is 1. The van der Waals surface area contributed by atoms with Crippen molar-refractivity contribution in [1.82, 2.24) is 4.98 Å². The summed E-state index contributed by atoms with van der Waals surface area (Å²) in [6, 6.07) is 11.6. The number of aromatic nitrogens is 1. The second-order valence-electron chi connectivity index (χ2n) is 3.78. The zero-order valence-corrected chi connectivity index (χ0v) is 12.2. The summed E-state index contributed by atoms with van der Waals surface area (Å²) in [6.45, 7) is 1.90.